The second-order valence-corrected chi connectivity index (χ2v) is 3.77. The van der Waals surface area contributed by atoms with E-state index in [0.717, 1.165) is 11.3 Å². The summed E-state index contributed by atoms with van der Waals surface area (Å²) < 4.78 is 0. The van der Waals surface area contributed by atoms with Crippen LogP contribution in [-0.4, -0.2) is 21.9 Å². The summed E-state index contributed by atoms with van der Waals surface area (Å²) in [5.41, 5.74) is 0.917. The van der Waals surface area contributed by atoms with Crippen molar-refractivity contribution in [2.45, 2.75) is 0 Å². The molecule has 1 N–H and O–H groups in total. The van der Waals surface area contributed by atoms with Crippen molar-refractivity contribution in [2.75, 3.05) is 11.6 Å². The van der Waals surface area contributed by atoms with Crippen LogP contribution in [0.5, 0.6) is 0 Å². The quantitative estimate of drug-likeness (QED) is 0.277. The van der Waals surface area contributed by atoms with Crippen LogP contribution >= 0.6 is 23.4 Å². The van der Waals surface area contributed by atoms with Gasteiger partial charge in [0.25, 0.3) is 0 Å². The Morgan fingerprint density at radius 1 is 1.38 bits per heavy atom. The molecule has 1 aromatic rings. The molecule has 0 saturated heterocycles. The molecule has 0 unspecified atom stereocenters. The van der Waals surface area contributed by atoms with Gasteiger partial charge in [0.15, 0.2) is 0 Å². The van der Waals surface area contributed by atoms with E-state index in [1.165, 1.54) is 11.8 Å². The number of hydrogen-bond donors (Lipinski definition) is 1. The molecule has 0 amide bonds. The fourth-order valence-electron chi connectivity index (χ4n) is 0.886. The molecule has 2 nitrogen and oxygen atoms in total. The SMILES string of the molecule is O/N=C(\SCCCl)c1ccccc1. The summed E-state index contributed by atoms with van der Waals surface area (Å²) in [5.74, 6) is 1.30. The van der Waals surface area contributed by atoms with Crippen molar-refractivity contribution in [3.05, 3.63) is 35.9 Å². The average molecular weight is 216 g/mol. The van der Waals surface area contributed by atoms with Crippen molar-refractivity contribution in [1.82, 2.24) is 0 Å². The molecule has 13 heavy (non-hydrogen) atoms. The predicted octanol–water partition coefficient (Wildman–Crippen LogP) is 2.79. The van der Waals surface area contributed by atoms with Gasteiger partial charge >= 0.3 is 0 Å². The van der Waals surface area contributed by atoms with Crippen molar-refractivity contribution in [2.24, 2.45) is 5.16 Å². The molecule has 0 aromatic heterocycles. The zero-order valence-electron chi connectivity index (χ0n) is 6.98. The third-order valence-corrected chi connectivity index (χ3v) is 2.84. The lowest BCUT2D eigenvalue weighted by Crippen LogP contribution is -1.97. The molecule has 0 spiro atoms. The monoisotopic (exact) mass is 215 g/mol. The lowest BCUT2D eigenvalue weighted by Gasteiger charge is -2.01. The van der Waals surface area contributed by atoms with E-state index in [9.17, 15) is 0 Å². The Labute approximate surface area is 86.6 Å². The minimum atomic E-state index is 0.552. The Hall–Kier alpha value is -0.670. The minimum absolute atomic E-state index is 0.552. The summed E-state index contributed by atoms with van der Waals surface area (Å²) in [6, 6.07) is 9.53. The van der Waals surface area contributed by atoms with Crippen LogP contribution in [0.25, 0.3) is 0 Å². The largest absolute Gasteiger partial charge is 0.410 e. The number of thioether (sulfide) groups is 1. The lowest BCUT2D eigenvalue weighted by molar-refractivity contribution is 0.321. The van der Waals surface area contributed by atoms with Crippen LogP contribution in [0.3, 0.4) is 0 Å². The van der Waals surface area contributed by atoms with Gasteiger partial charge in [-0.1, -0.05) is 35.5 Å². The number of benzene rings is 1. The summed E-state index contributed by atoms with van der Waals surface area (Å²) in [7, 11) is 0. The smallest absolute Gasteiger partial charge is 0.143 e. The maximum Gasteiger partial charge on any atom is 0.143 e. The Balaban J connectivity index is 2.69. The molecule has 1 rings (SSSR count). The van der Waals surface area contributed by atoms with Crippen LogP contribution in [0.15, 0.2) is 35.5 Å². The zero-order valence-corrected chi connectivity index (χ0v) is 8.55. The number of halogens is 1. The van der Waals surface area contributed by atoms with E-state index in [1.54, 1.807) is 0 Å². The predicted molar refractivity (Wildman–Crippen MR) is 57.9 cm³/mol. The maximum absolute atomic E-state index is 8.73. The first-order valence-corrected chi connectivity index (χ1v) is 5.36. The first kappa shape index (κ1) is 10.4. The highest BCUT2D eigenvalue weighted by Crippen LogP contribution is 2.13. The van der Waals surface area contributed by atoms with E-state index in [-0.39, 0.29) is 0 Å². The van der Waals surface area contributed by atoms with Crippen LogP contribution in [-0.2, 0) is 0 Å². The third-order valence-electron chi connectivity index (χ3n) is 1.43. The van der Waals surface area contributed by atoms with Gasteiger partial charge in [-0.05, 0) is 0 Å². The Bertz CT molecular complexity index is 276. The molecule has 0 radical (unpaired) electrons. The van der Waals surface area contributed by atoms with Crippen LogP contribution in [0.4, 0.5) is 0 Å². The summed E-state index contributed by atoms with van der Waals surface area (Å²) in [6.07, 6.45) is 0. The molecule has 0 aliphatic rings. The first-order chi connectivity index (χ1) is 6.38. The molecule has 4 heteroatoms. The first-order valence-electron chi connectivity index (χ1n) is 3.84. The summed E-state index contributed by atoms with van der Waals surface area (Å²) >= 11 is 6.98. The van der Waals surface area contributed by atoms with Crippen molar-refractivity contribution < 1.29 is 5.21 Å². The number of rotatable bonds is 3. The topological polar surface area (TPSA) is 32.6 Å². The number of hydrogen-bond acceptors (Lipinski definition) is 3. The molecule has 0 fully saturated rings. The van der Waals surface area contributed by atoms with Gasteiger partial charge in [-0.15, -0.1) is 23.4 Å². The van der Waals surface area contributed by atoms with Crippen molar-refractivity contribution in [3.8, 4) is 0 Å². The van der Waals surface area contributed by atoms with Gasteiger partial charge in [-0.2, -0.15) is 0 Å². The highest BCUT2D eigenvalue weighted by atomic mass is 35.5. The Kier molecular flexibility index (Phi) is 4.72. The van der Waals surface area contributed by atoms with Crippen molar-refractivity contribution >= 4 is 28.4 Å². The minimum Gasteiger partial charge on any atom is -0.410 e. The second kappa shape index (κ2) is 5.89. The standard InChI is InChI=1S/C9H10ClNOS/c10-6-7-13-9(11-12)8-4-2-1-3-5-8/h1-5,12H,6-7H2/b11-9-. The molecule has 0 heterocycles. The van der Waals surface area contributed by atoms with Gasteiger partial charge < -0.3 is 5.21 Å². The molecule has 0 atom stereocenters. The molecule has 0 aliphatic carbocycles. The zero-order chi connectivity index (χ0) is 9.52. The molecular weight excluding hydrogens is 206 g/mol. The molecule has 0 aliphatic heterocycles. The van der Waals surface area contributed by atoms with E-state index in [1.807, 2.05) is 30.3 Å². The van der Waals surface area contributed by atoms with Crippen LogP contribution in [0, 0.1) is 0 Å². The van der Waals surface area contributed by atoms with Crippen LogP contribution in [0.2, 0.25) is 0 Å². The van der Waals surface area contributed by atoms with Gasteiger partial charge in [-0.25, -0.2) is 0 Å². The van der Waals surface area contributed by atoms with Gasteiger partial charge in [0, 0.05) is 17.2 Å². The van der Waals surface area contributed by atoms with Crippen LogP contribution < -0.4 is 0 Å². The molecular formula is C9H10ClNOS. The number of alkyl halides is 1. The second-order valence-electron chi connectivity index (χ2n) is 2.31. The summed E-state index contributed by atoms with van der Waals surface area (Å²) in [6.45, 7) is 0. The normalized spacial score (nSPS) is 11.6. The van der Waals surface area contributed by atoms with Gasteiger partial charge in [0.2, 0.25) is 0 Å². The Morgan fingerprint density at radius 2 is 2.08 bits per heavy atom. The highest BCUT2D eigenvalue weighted by molar-refractivity contribution is 8.14. The van der Waals surface area contributed by atoms with Crippen molar-refractivity contribution in [3.63, 3.8) is 0 Å². The van der Waals surface area contributed by atoms with E-state index in [2.05, 4.69) is 5.16 Å². The van der Waals surface area contributed by atoms with E-state index in [0.29, 0.717) is 10.9 Å². The van der Waals surface area contributed by atoms with E-state index in [4.69, 9.17) is 16.8 Å². The van der Waals surface area contributed by atoms with E-state index >= 15 is 0 Å². The highest BCUT2D eigenvalue weighted by Gasteiger charge is 2.02. The fraction of sp³-hybridized carbons (Fsp3) is 0.222. The van der Waals surface area contributed by atoms with Crippen LogP contribution in [0.1, 0.15) is 5.56 Å². The fourth-order valence-corrected chi connectivity index (χ4v) is 1.75. The third kappa shape index (κ3) is 3.28. The molecule has 0 saturated carbocycles. The lowest BCUT2D eigenvalue weighted by atomic mass is 10.2. The summed E-state index contributed by atoms with van der Waals surface area (Å²) in [4.78, 5) is 0. The molecule has 70 valence electrons. The van der Waals surface area contributed by atoms with Gasteiger partial charge in [0.1, 0.15) is 5.04 Å². The summed E-state index contributed by atoms with van der Waals surface area (Å²) in [5, 5.41) is 12.6. The Morgan fingerprint density at radius 3 is 2.62 bits per heavy atom. The average Bonchev–Trinajstić information content (AvgIpc) is 2.21. The van der Waals surface area contributed by atoms with Crippen molar-refractivity contribution in [1.29, 1.82) is 0 Å². The number of oxime groups is 1. The maximum atomic E-state index is 8.73. The number of nitrogens with zero attached hydrogens (tertiary/aromatic N) is 1. The van der Waals surface area contributed by atoms with E-state index < -0.39 is 0 Å². The molecule has 0 bridgehead atoms. The molecule has 1 aromatic carbocycles. The van der Waals surface area contributed by atoms with Gasteiger partial charge in [0.05, 0.1) is 0 Å². The van der Waals surface area contributed by atoms with Gasteiger partial charge in [-0.3, -0.25) is 0 Å².